The van der Waals surface area contributed by atoms with Crippen LogP contribution >= 0.6 is 11.3 Å². The molecule has 1 N–H and O–H groups in total. The molecule has 0 radical (unpaired) electrons. The van der Waals surface area contributed by atoms with Crippen LogP contribution in [0.2, 0.25) is 0 Å². The zero-order chi connectivity index (χ0) is 16.7. The Morgan fingerprint density at radius 1 is 1.08 bits per heavy atom. The Morgan fingerprint density at radius 3 is 2.46 bits per heavy atom. The third kappa shape index (κ3) is 2.90. The Balaban J connectivity index is 1.38. The molecule has 0 spiro atoms. The molecule has 1 aromatic heterocycles. The second kappa shape index (κ2) is 6.35. The maximum atomic E-state index is 12.3. The first kappa shape index (κ1) is 15.9. The number of anilines is 1. The van der Waals surface area contributed by atoms with Crippen LogP contribution in [0.1, 0.15) is 36.3 Å². The lowest BCUT2D eigenvalue weighted by Gasteiger charge is -2.38. The summed E-state index contributed by atoms with van der Waals surface area (Å²) in [5.74, 6) is -0.346. The average molecular weight is 349 g/mol. The van der Waals surface area contributed by atoms with Crippen LogP contribution in [-0.2, 0) is 22.4 Å². The van der Waals surface area contributed by atoms with E-state index >= 15 is 0 Å². The van der Waals surface area contributed by atoms with Crippen LogP contribution in [0.25, 0.3) is 0 Å². The number of fused-ring (bicyclic) bond motifs is 1. The Bertz CT molecular complexity index is 648. The SMILES string of the molecule is O=C(O)C1CCc2nc(N3CCN(C(=O)C4CCC4)CC3)sc2C1. The van der Waals surface area contributed by atoms with E-state index in [9.17, 15) is 14.7 Å². The van der Waals surface area contributed by atoms with Gasteiger partial charge in [-0.15, -0.1) is 11.3 Å². The number of carboxylic acid groups (broad SMARTS) is 1. The van der Waals surface area contributed by atoms with Gasteiger partial charge in [-0.3, -0.25) is 9.59 Å². The van der Waals surface area contributed by atoms with E-state index in [1.54, 1.807) is 11.3 Å². The first-order chi connectivity index (χ1) is 11.6. The summed E-state index contributed by atoms with van der Waals surface area (Å²) in [5.41, 5.74) is 1.08. The van der Waals surface area contributed by atoms with Crippen LogP contribution in [0.4, 0.5) is 5.13 Å². The van der Waals surface area contributed by atoms with E-state index in [0.29, 0.717) is 18.7 Å². The minimum atomic E-state index is -0.696. The molecule has 7 heteroatoms. The molecule has 0 aromatic carbocycles. The third-order valence-electron chi connectivity index (χ3n) is 5.59. The molecule has 4 rings (SSSR count). The second-order valence-electron chi connectivity index (χ2n) is 7.08. The van der Waals surface area contributed by atoms with E-state index in [2.05, 4.69) is 4.90 Å². The monoisotopic (exact) mass is 349 g/mol. The molecule has 1 unspecified atom stereocenters. The molecule has 1 saturated carbocycles. The van der Waals surface area contributed by atoms with E-state index in [1.165, 1.54) is 6.42 Å². The summed E-state index contributed by atoms with van der Waals surface area (Å²) >= 11 is 1.64. The summed E-state index contributed by atoms with van der Waals surface area (Å²) in [6, 6.07) is 0. The van der Waals surface area contributed by atoms with Gasteiger partial charge in [0, 0.05) is 37.0 Å². The number of rotatable bonds is 3. The lowest BCUT2D eigenvalue weighted by Crippen LogP contribution is -2.51. The van der Waals surface area contributed by atoms with Gasteiger partial charge in [0.2, 0.25) is 5.91 Å². The van der Waals surface area contributed by atoms with Gasteiger partial charge in [-0.05, 0) is 32.1 Å². The lowest BCUT2D eigenvalue weighted by atomic mass is 9.84. The van der Waals surface area contributed by atoms with Crippen molar-refractivity contribution >= 4 is 28.3 Å². The van der Waals surface area contributed by atoms with Crippen molar-refractivity contribution in [1.82, 2.24) is 9.88 Å². The molecule has 24 heavy (non-hydrogen) atoms. The molecule has 0 bridgehead atoms. The van der Waals surface area contributed by atoms with Gasteiger partial charge in [0.1, 0.15) is 0 Å². The average Bonchev–Trinajstić information content (AvgIpc) is 2.96. The third-order valence-corrected chi connectivity index (χ3v) is 6.77. The molecule has 3 aliphatic rings. The second-order valence-corrected chi connectivity index (χ2v) is 8.15. The highest BCUT2D eigenvalue weighted by Crippen LogP contribution is 2.35. The number of aryl methyl sites for hydroxylation is 1. The summed E-state index contributed by atoms with van der Waals surface area (Å²) in [6.45, 7) is 3.20. The smallest absolute Gasteiger partial charge is 0.306 e. The van der Waals surface area contributed by atoms with Crippen LogP contribution in [0.5, 0.6) is 0 Å². The standard InChI is InChI=1S/C17H23N3O3S/c21-15(11-2-1-3-11)19-6-8-20(9-7-19)17-18-13-5-4-12(16(22)23)10-14(13)24-17/h11-12H,1-10H2,(H,22,23). The predicted octanol–water partition coefficient (Wildman–Crippen LogP) is 1.78. The molecular weight excluding hydrogens is 326 g/mol. The van der Waals surface area contributed by atoms with Gasteiger partial charge in [-0.1, -0.05) is 6.42 Å². The number of aliphatic carboxylic acids is 1. The van der Waals surface area contributed by atoms with E-state index in [0.717, 1.165) is 61.1 Å². The summed E-state index contributed by atoms with van der Waals surface area (Å²) < 4.78 is 0. The fourth-order valence-electron chi connectivity index (χ4n) is 3.74. The molecule has 1 aromatic rings. The molecule has 1 amide bonds. The van der Waals surface area contributed by atoms with Crippen molar-refractivity contribution in [1.29, 1.82) is 0 Å². The van der Waals surface area contributed by atoms with E-state index < -0.39 is 5.97 Å². The highest BCUT2D eigenvalue weighted by atomic mass is 32.1. The van der Waals surface area contributed by atoms with Gasteiger partial charge >= 0.3 is 5.97 Å². The number of thiazole rings is 1. The molecule has 1 atom stereocenters. The van der Waals surface area contributed by atoms with Crippen molar-refractivity contribution in [3.05, 3.63) is 10.6 Å². The van der Waals surface area contributed by atoms with Gasteiger partial charge in [-0.2, -0.15) is 0 Å². The summed E-state index contributed by atoms with van der Waals surface area (Å²) in [6.07, 6.45) is 5.38. The van der Waals surface area contributed by atoms with E-state index in [-0.39, 0.29) is 11.8 Å². The minimum Gasteiger partial charge on any atom is -0.481 e. The number of carbonyl (C=O) groups excluding carboxylic acids is 1. The van der Waals surface area contributed by atoms with Crippen LogP contribution in [0.15, 0.2) is 0 Å². The molecule has 2 aliphatic carbocycles. The number of aromatic nitrogens is 1. The Morgan fingerprint density at radius 2 is 1.83 bits per heavy atom. The number of hydrogen-bond donors (Lipinski definition) is 1. The summed E-state index contributed by atoms with van der Waals surface area (Å²) in [7, 11) is 0. The molecule has 2 heterocycles. The van der Waals surface area contributed by atoms with Gasteiger partial charge < -0.3 is 14.9 Å². The first-order valence-corrected chi connectivity index (χ1v) is 9.68. The van der Waals surface area contributed by atoms with Crippen molar-refractivity contribution in [3.8, 4) is 0 Å². The Hall–Kier alpha value is -1.63. The lowest BCUT2D eigenvalue weighted by molar-refractivity contribution is -0.142. The van der Waals surface area contributed by atoms with Gasteiger partial charge in [0.25, 0.3) is 0 Å². The fourth-order valence-corrected chi connectivity index (χ4v) is 4.98. The molecule has 1 saturated heterocycles. The van der Waals surface area contributed by atoms with E-state index in [4.69, 9.17) is 4.98 Å². The zero-order valence-corrected chi connectivity index (χ0v) is 14.6. The first-order valence-electron chi connectivity index (χ1n) is 8.87. The minimum absolute atomic E-state index is 0.261. The number of carbonyl (C=O) groups is 2. The number of hydrogen-bond acceptors (Lipinski definition) is 5. The highest BCUT2D eigenvalue weighted by molar-refractivity contribution is 7.15. The summed E-state index contributed by atoms with van der Waals surface area (Å²) in [4.78, 5) is 33.7. The van der Waals surface area contributed by atoms with Crippen molar-refractivity contribution in [3.63, 3.8) is 0 Å². The zero-order valence-electron chi connectivity index (χ0n) is 13.7. The van der Waals surface area contributed by atoms with Crippen LogP contribution in [0, 0.1) is 11.8 Å². The molecule has 2 fully saturated rings. The van der Waals surface area contributed by atoms with Crippen molar-refractivity contribution in [2.24, 2.45) is 11.8 Å². The van der Waals surface area contributed by atoms with Gasteiger partial charge in [-0.25, -0.2) is 4.98 Å². The largest absolute Gasteiger partial charge is 0.481 e. The molecule has 6 nitrogen and oxygen atoms in total. The van der Waals surface area contributed by atoms with Crippen molar-refractivity contribution < 1.29 is 14.7 Å². The molecular formula is C17H23N3O3S. The molecule has 130 valence electrons. The topological polar surface area (TPSA) is 73.7 Å². The van der Waals surface area contributed by atoms with Gasteiger partial charge in [0.05, 0.1) is 11.6 Å². The maximum Gasteiger partial charge on any atom is 0.306 e. The van der Waals surface area contributed by atoms with Gasteiger partial charge in [0.15, 0.2) is 5.13 Å². The number of carboxylic acids is 1. The number of piperazine rings is 1. The van der Waals surface area contributed by atoms with Crippen LogP contribution < -0.4 is 4.90 Å². The predicted molar refractivity (Wildman–Crippen MR) is 91.4 cm³/mol. The Labute approximate surface area is 145 Å². The van der Waals surface area contributed by atoms with Crippen molar-refractivity contribution in [2.75, 3.05) is 31.1 Å². The number of nitrogens with zero attached hydrogens (tertiary/aromatic N) is 3. The van der Waals surface area contributed by atoms with E-state index in [1.807, 2.05) is 4.90 Å². The van der Waals surface area contributed by atoms with Crippen molar-refractivity contribution in [2.45, 2.75) is 38.5 Å². The number of amides is 1. The quantitative estimate of drug-likeness (QED) is 0.900. The highest BCUT2D eigenvalue weighted by Gasteiger charge is 2.32. The maximum absolute atomic E-state index is 12.3. The van der Waals surface area contributed by atoms with Crippen LogP contribution in [-0.4, -0.2) is 53.0 Å². The Kier molecular flexibility index (Phi) is 4.20. The van der Waals surface area contributed by atoms with Crippen LogP contribution in [0.3, 0.4) is 0 Å². The normalized spacial score (nSPS) is 24.4. The summed E-state index contributed by atoms with van der Waals surface area (Å²) in [5, 5.41) is 10.2. The fraction of sp³-hybridized carbons (Fsp3) is 0.706. The molecule has 1 aliphatic heterocycles.